The lowest BCUT2D eigenvalue weighted by Gasteiger charge is -2.45. The van der Waals surface area contributed by atoms with Gasteiger partial charge in [0.2, 0.25) is 0 Å². The van der Waals surface area contributed by atoms with E-state index in [1.807, 2.05) is 6.07 Å². The van der Waals surface area contributed by atoms with Gasteiger partial charge < -0.3 is 4.43 Å². The molecule has 0 fully saturated rings. The minimum Gasteiger partial charge on any atom is -0.414 e. The van der Waals surface area contributed by atoms with Crippen LogP contribution in [0.1, 0.15) is 50.8 Å². The summed E-state index contributed by atoms with van der Waals surface area (Å²) >= 11 is 5.68. The van der Waals surface area contributed by atoms with Gasteiger partial charge in [-0.3, -0.25) is 0 Å². The van der Waals surface area contributed by atoms with E-state index in [2.05, 4.69) is 137 Å². The number of rotatable bonds is 8. The third-order valence-corrected chi connectivity index (χ3v) is 8.21. The number of halogens is 1. The van der Waals surface area contributed by atoms with E-state index in [4.69, 9.17) is 16.0 Å². The molecule has 4 aromatic carbocycles. The van der Waals surface area contributed by atoms with Crippen molar-refractivity contribution in [1.29, 1.82) is 0 Å². The second-order valence-electron chi connectivity index (χ2n) is 10.6. The van der Waals surface area contributed by atoms with Crippen LogP contribution in [0.3, 0.4) is 0 Å². The summed E-state index contributed by atoms with van der Waals surface area (Å²) in [6.45, 7) is 9.18. The molecule has 37 heavy (non-hydrogen) atoms. The van der Waals surface area contributed by atoms with Gasteiger partial charge in [0, 0.05) is 5.88 Å². The fraction of sp³-hybridized carbons (Fsp3) is 0.294. The predicted octanol–water partition coefficient (Wildman–Crippen LogP) is 8.43. The molecule has 0 spiro atoms. The fourth-order valence-corrected chi connectivity index (χ4v) is 5.78. The Balaban J connectivity index is 0.000000213. The molecule has 0 aliphatic heterocycles. The molecular formula is C34H41ClOSi. The molecule has 3 heteroatoms. The maximum Gasteiger partial charge on any atom is 0.147 e. The standard InChI is InChI=1S/C19H26OSi.C15H15Cl/c1-15(18(2,3)4)19(20-21,16-11-7-5-8-12-16)17-13-9-6-10-14-17;16-12-4-5-13-8-10-15(11-9-13)14-6-2-1-3-7-14/h5-15H,1-4,21H3;1-3,6-11H,4-5,12H2. The van der Waals surface area contributed by atoms with Crippen molar-refractivity contribution >= 4 is 22.1 Å². The average Bonchev–Trinajstić information content (AvgIpc) is 2.94. The molecule has 1 atom stereocenters. The Morgan fingerprint density at radius 1 is 0.676 bits per heavy atom. The molecule has 0 saturated heterocycles. The van der Waals surface area contributed by atoms with Crippen molar-refractivity contribution in [2.24, 2.45) is 11.3 Å². The summed E-state index contributed by atoms with van der Waals surface area (Å²) in [7, 11) is 0.697. The Morgan fingerprint density at radius 2 is 1.11 bits per heavy atom. The smallest absolute Gasteiger partial charge is 0.147 e. The van der Waals surface area contributed by atoms with Crippen molar-refractivity contribution in [3.8, 4) is 11.1 Å². The minimum absolute atomic E-state index is 0.149. The summed E-state index contributed by atoms with van der Waals surface area (Å²) in [5.74, 6) is 1.09. The molecule has 0 radical (unpaired) electrons. The lowest BCUT2D eigenvalue weighted by Crippen LogP contribution is -2.43. The molecule has 4 rings (SSSR count). The van der Waals surface area contributed by atoms with E-state index in [1.54, 1.807) is 0 Å². The first-order valence-corrected chi connectivity index (χ1v) is 14.5. The van der Waals surface area contributed by atoms with Gasteiger partial charge in [0.1, 0.15) is 16.1 Å². The molecule has 1 unspecified atom stereocenters. The van der Waals surface area contributed by atoms with Crippen molar-refractivity contribution in [3.05, 3.63) is 132 Å². The van der Waals surface area contributed by atoms with Crippen molar-refractivity contribution in [2.75, 3.05) is 5.88 Å². The first-order valence-electron chi connectivity index (χ1n) is 13.2. The van der Waals surface area contributed by atoms with Crippen LogP contribution in [-0.4, -0.2) is 16.4 Å². The van der Waals surface area contributed by atoms with Crippen LogP contribution in [0.4, 0.5) is 0 Å². The molecule has 0 heterocycles. The Kier molecular flexibility index (Phi) is 10.8. The van der Waals surface area contributed by atoms with Crippen LogP contribution >= 0.6 is 11.6 Å². The number of benzene rings is 4. The van der Waals surface area contributed by atoms with E-state index in [0.29, 0.717) is 16.4 Å². The Hall–Kier alpha value is -2.65. The van der Waals surface area contributed by atoms with Crippen LogP contribution < -0.4 is 0 Å². The molecule has 0 aliphatic carbocycles. The number of hydrogen-bond donors (Lipinski definition) is 0. The average molecular weight is 529 g/mol. The van der Waals surface area contributed by atoms with Gasteiger partial charge in [-0.25, -0.2) is 0 Å². The summed E-state index contributed by atoms with van der Waals surface area (Å²) in [6, 6.07) is 40.5. The van der Waals surface area contributed by atoms with Gasteiger partial charge in [-0.1, -0.05) is 143 Å². The third-order valence-electron chi connectivity index (χ3n) is 7.30. The van der Waals surface area contributed by atoms with Gasteiger partial charge in [0.05, 0.1) is 0 Å². The minimum atomic E-state index is -0.368. The zero-order valence-corrected chi connectivity index (χ0v) is 25.7. The quantitative estimate of drug-likeness (QED) is 0.165. The normalized spacial score (nSPS) is 12.5. The van der Waals surface area contributed by atoms with E-state index < -0.39 is 0 Å². The highest BCUT2D eigenvalue weighted by atomic mass is 35.5. The van der Waals surface area contributed by atoms with Crippen LogP contribution in [0.5, 0.6) is 0 Å². The van der Waals surface area contributed by atoms with Crippen molar-refractivity contribution in [2.45, 2.75) is 46.1 Å². The van der Waals surface area contributed by atoms with Gasteiger partial charge in [-0.05, 0) is 52.0 Å². The first-order chi connectivity index (χ1) is 17.8. The molecule has 0 bridgehead atoms. The lowest BCUT2D eigenvalue weighted by molar-refractivity contribution is 0.00451. The van der Waals surface area contributed by atoms with E-state index in [-0.39, 0.29) is 11.0 Å². The van der Waals surface area contributed by atoms with Crippen molar-refractivity contribution in [3.63, 3.8) is 0 Å². The fourth-order valence-electron chi connectivity index (χ4n) is 4.83. The highest BCUT2D eigenvalue weighted by molar-refractivity contribution is 6.17. The molecule has 4 aromatic rings. The summed E-state index contributed by atoms with van der Waals surface area (Å²) in [4.78, 5) is 0. The van der Waals surface area contributed by atoms with E-state index in [0.717, 1.165) is 18.7 Å². The molecule has 1 nitrogen and oxygen atoms in total. The molecule has 0 aromatic heterocycles. The monoisotopic (exact) mass is 528 g/mol. The Labute approximate surface area is 232 Å². The second kappa shape index (κ2) is 13.8. The lowest BCUT2D eigenvalue weighted by atomic mass is 9.66. The highest BCUT2D eigenvalue weighted by Gasteiger charge is 2.44. The van der Waals surface area contributed by atoms with Crippen LogP contribution in [0.25, 0.3) is 11.1 Å². The molecule has 194 valence electrons. The van der Waals surface area contributed by atoms with Gasteiger partial charge in [-0.15, -0.1) is 11.6 Å². The van der Waals surface area contributed by atoms with Crippen molar-refractivity contribution < 1.29 is 4.43 Å². The zero-order valence-electron chi connectivity index (χ0n) is 23.0. The first kappa shape index (κ1) is 28.9. The number of hydrogen-bond acceptors (Lipinski definition) is 1. The third kappa shape index (κ3) is 7.44. The number of alkyl halides is 1. The van der Waals surface area contributed by atoms with Crippen molar-refractivity contribution in [1.82, 2.24) is 0 Å². The molecule has 0 N–H and O–H groups in total. The van der Waals surface area contributed by atoms with Crippen LogP contribution in [0.15, 0.2) is 115 Å². The molecule has 0 saturated carbocycles. The second-order valence-corrected chi connectivity index (χ2v) is 11.4. The van der Waals surface area contributed by atoms with Gasteiger partial charge in [0.25, 0.3) is 0 Å². The summed E-state index contributed by atoms with van der Waals surface area (Å²) < 4.78 is 6.34. The van der Waals surface area contributed by atoms with Crippen LogP contribution in [-0.2, 0) is 16.4 Å². The topological polar surface area (TPSA) is 9.23 Å². The van der Waals surface area contributed by atoms with E-state index >= 15 is 0 Å². The van der Waals surface area contributed by atoms with Crippen LogP contribution in [0, 0.1) is 11.3 Å². The van der Waals surface area contributed by atoms with Gasteiger partial charge >= 0.3 is 0 Å². The maximum absolute atomic E-state index is 6.34. The van der Waals surface area contributed by atoms with Crippen LogP contribution in [0.2, 0.25) is 0 Å². The molecule has 0 amide bonds. The summed E-state index contributed by atoms with van der Waals surface area (Å²) in [5, 5.41) is 0. The largest absolute Gasteiger partial charge is 0.414 e. The van der Waals surface area contributed by atoms with E-state index in [9.17, 15) is 0 Å². The summed E-state index contributed by atoms with van der Waals surface area (Å²) in [6.07, 6.45) is 2.12. The van der Waals surface area contributed by atoms with Gasteiger partial charge in [0.15, 0.2) is 0 Å². The predicted molar refractivity (Wildman–Crippen MR) is 164 cm³/mol. The maximum atomic E-state index is 6.34. The zero-order chi connectivity index (χ0) is 26.7. The number of aryl methyl sites for hydroxylation is 1. The Morgan fingerprint density at radius 3 is 1.51 bits per heavy atom. The molecule has 0 aliphatic rings. The molecular weight excluding hydrogens is 488 g/mol. The highest BCUT2D eigenvalue weighted by Crippen LogP contribution is 2.47. The SMILES string of the molecule is CC(C(C)(C)C)C(O[SiH3])(c1ccccc1)c1ccccc1.ClCCCc1ccc(-c2ccccc2)cc1. The van der Waals surface area contributed by atoms with E-state index in [1.165, 1.54) is 27.8 Å². The van der Waals surface area contributed by atoms with Gasteiger partial charge in [-0.2, -0.15) is 0 Å². The Bertz CT molecular complexity index is 1130. The summed E-state index contributed by atoms with van der Waals surface area (Å²) in [5.41, 5.74) is 6.17.